The Morgan fingerprint density at radius 1 is 1.29 bits per heavy atom. The molecule has 0 aliphatic rings. The molecule has 0 saturated carbocycles. The Morgan fingerprint density at radius 3 is 2.57 bits per heavy atom. The molecule has 0 aromatic heterocycles. The number of carbonyl (C=O) groups excluding carboxylic acids is 1. The number of halogens is 1. The van der Waals surface area contributed by atoms with Crippen molar-refractivity contribution < 1.29 is 4.79 Å². The van der Waals surface area contributed by atoms with E-state index in [0.717, 1.165) is 22.3 Å². The van der Waals surface area contributed by atoms with Gasteiger partial charge in [0, 0.05) is 15.9 Å². The Bertz CT molecular complexity index is 466. The van der Waals surface area contributed by atoms with E-state index in [9.17, 15) is 4.79 Å². The van der Waals surface area contributed by atoms with Crippen molar-refractivity contribution in [1.82, 2.24) is 16.2 Å². The summed E-state index contributed by atoms with van der Waals surface area (Å²) in [6.07, 6.45) is 1.04. The lowest BCUT2D eigenvalue weighted by atomic mass is 10.1. The van der Waals surface area contributed by atoms with E-state index < -0.39 is 0 Å². The topological polar surface area (TPSA) is 53.2 Å². The Kier molecular flexibility index (Phi) is 8.72. The van der Waals surface area contributed by atoms with Crippen LogP contribution >= 0.6 is 39.9 Å². The molecule has 0 bridgehead atoms. The highest BCUT2D eigenvalue weighted by Crippen LogP contribution is 2.20. The zero-order valence-electron chi connectivity index (χ0n) is 12.1. The zero-order chi connectivity index (χ0) is 15.7. The molecule has 1 amide bonds. The second kappa shape index (κ2) is 10.0. The Labute approximate surface area is 143 Å². The smallest absolute Gasteiger partial charge is 0.248 e. The lowest BCUT2D eigenvalue weighted by Crippen LogP contribution is -2.47. The van der Waals surface area contributed by atoms with Gasteiger partial charge in [-0.15, -0.1) is 11.8 Å². The van der Waals surface area contributed by atoms with Crippen molar-refractivity contribution in [3.63, 3.8) is 0 Å². The summed E-state index contributed by atoms with van der Waals surface area (Å²) in [5.41, 5.74) is 5.28. The highest BCUT2D eigenvalue weighted by molar-refractivity contribution is 9.10. The summed E-state index contributed by atoms with van der Waals surface area (Å²) in [6.45, 7) is 5.10. The number of carbonyl (C=O) groups is 1. The molecule has 21 heavy (non-hydrogen) atoms. The number of thiocarbonyl (C=S) groups is 1. The number of benzene rings is 1. The van der Waals surface area contributed by atoms with Crippen LogP contribution in [0.2, 0.25) is 0 Å². The maximum atomic E-state index is 11.7. The van der Waals surface area contributed by atoms with Crippen LogP contribution in [-0.4, -0.2) is 23.3 Å². The standard InChI is InChI=1S/C14H20BrN3OS2/c1-10(2)7-8-16-14(20)18-17-13(19)9-21-12-5-3-11(15)4-6-12/h3-6,10H,7-9H2,1-2H3,(H,17,19)(H2,16,18,20). The first-order chi connectivity index (χ1) is 9.97. The van der Waals surface area contributed by atoms with E-state index in [1.54, 1.807) is 0 Å². The average Bonchev–Trinajstić information content (AvgIpc) is 2.44. The van der Waals surface area contributed by atoms with E-state index in [1.807, 2.05) is 24.3 Å². The minimum Gasteiger partial charge on any atom is -0.361 e. The Balaban J connectivity index is 2.16. The monoisotopic (exact) mass is 389 g/mol. The molecule has 4 nitrogen and oxygen atoms in total. The van der Waals surface area contributed by atoms with Gasteiger partial charge >= 0.3 is 0 Å². The van der Waals surface area contributed by atoms with Crippen LogP contribution in [0.5, 0.6) is 0 Å². The Morgan fingerprint density at radius 2 is 1.95 bits per heavy atom. The number of hydrogen-bond donors (Lipinski definition) is 3. The molecule has 0 fully saturated rings. The maximum Gasteiger partial charge on any atom is 0.248 e. The van der Waals surface area contributed by atoms with Crippen molar-refractivity contribution in [2.45, 2.75) is 25.2 Å². The summed E-state index contributed by atoms with van der Waals surface area (Å²) in [6, 6.07) is 7.83. The van der Waals surface area contributed by atoms with Gasteiger partial charge in [-0.25, -0.2) is 0 Å². The highest BCUT2D eigenvalue weighted by Gasteiger charge is 2.03. The summed E-state index contributed by atoms with van der Waals surface area (Å²) in [5.74, 6) is 0.844. The minimum absolute atomic E-state index is 0.115. The van der Waals surface area contributed by atoms with Gasteiger partial charge < -0.3 is 5.32 Å². The van der Waals surface area contributed by atoms with Gasteiger partial charge in [0.05, 0.1) is 5.75 Å². The quantitative estimate of drug-likeness (QED) is 0.396. The third-order valence-corrected chi connectivity index (χ3v) is 4.29. The van der Waals surface area contributed by atoms with Gasteiger partial charge in [0.1, 0.15) is 0 Å². The normalized spacial score (nSPS) is 10.3. The summed E-state index contributed by atoms with van der Waals surface area (Å²) in [4.78, 5) is 12.7. The van der Waals surface area contributed by atoms with Crippen LogP contribution in [0.15, 0.2) is 33.6 Å². The maximum absolute atomic E-state index is 11.7. The fourth-order valence-electron chi connectivity index (χ4n) is 1.36. The summed E-state index contributed by atoms with van der Waals surface area (Å²) >= 11 is 9.92. The van der Waals surface area contributed by atoms with Gasteiger partial charge in [0.2, 0.25) is 5.91 Å². The van der Waals surface area contributed by atoms with Crippen LogP contribution in [-0.2, 0) is 4.79 Å². The van der Waals surface area contributed by atoms with E-state index >= 15 is 0 Å². The van der Waals surface area contributed by atoms with E-state index in [0.29, 0.717) is 16.8 Å². The Hall–Kier alpha value is -0.790. The fraction of sp³-hybridized carbons (Fsp3) is 0.429. The predicted molar refractivity (Wildman–Crippen MR) is 96.2 cm³/mol. The molecule has 0 saturated heterocycles. The van der Waals surface area contributed by atoms with Crippen LogP contribution in [0.25, 0.3) is 0 Å². The summed E-state index contributed by atoms with van der Waals surface area (Å²) < 4.78 is 1.02. The van der Waals surface area contributed by atoms with Crippen molar-refractivity contribution in [1.29, 1.82) is 0 Å². The molecule has 0 atom stereocenters. The molecule has 3 N–H and O–H groups in total. The number of hydrogen-bond acceptors (Lipinski definition) is 3. The zero-order valence-corrected chi connectivity index (χ0v) is 15.3. The van der Waals surface area contributed by atoms with E-state index in [4.69, 9.17) is 12.2 Å². The lowest BCUT2D eigenvalue weighted by molar-refractivity contribution is -0.119. The molecule has 0 aliphatic heterocycles. The van der Waals surface area contributed by atoms with Crippen molar-refractivity contribution in [3.05, 3.63) is 28.7 Å². The molecule has 0 unspecified atom stereocenters. The number of rotatable bonds is 6. The van der Waals surface area contributed by atoms with Crippen LogP contribution in [0, 0.1) is 5.92 Å². The molecule has 0 radical (unpaired) electrons. The average molecular weight is 390 g/mol. The number of hydrazine groups is 1. The third-order valence-electron chi connectivity index (χ3n) is 2.51. The number of nitrogens with one attached hydrogen (secondary N) is 3. The molecule has 1 rings (SSSR count). The number of thioether (sulfide) groups is 1. The van der Waals surface area contributed by atoms with Crippen LogP contribution < -0.4 is 16.2 Å². The first-order valence-corrected chi connectivity index (χ1v) is 8.87. The summed E-state index contributed by atoms with van der Waals surface area (Å²) in [7, 11) is 0. The van der Waals surface area contributed by atoms with Crippen molar-refractivity contribution >= 4 is 50.9 Å². The third kappa shape index (κ3) is 8.95. The SMILES string of the molecule is CC(C)CCNC(=S)NNC(=O)CSc1ccc(Br)cc1. The van der Waals surface area contributed by atoms with Crippen molar-refractivity contribution in [2.24, 2.45) is 5.92 Å². The van der Waals surface area contributed by atoms with Crippen LogP contribution in [0.4, 0.5) is 0 Å². The van der Waals surface area contributed by atoms with Crippen molar-refractivity contribution in [2.75, 3.05) is 12.3 Å². The molecule has 1 aromatic rings. The van der Waals surface area contributed by atoms with Gasteiger partial charge in [-0.3, -0.25) is 15.6 Å². The van der Waals surface area contributed by atoms with E-state index in [2.05, 4.69) is 45.9 Å². The first kappa shape index (κ1) is 18.3. The van der Waals surface area contributed by atoms with Crippen LogP contribution in [0.1, 0.15) is 20.3 Å². The van der Waals surface area contributed by atoms with Gasteiger partial charge in [-0.2, -0.15) is 0 Å². The minimum atomic E-state index is -0.115. The molecule has 0 spiro atoms. The highest BCUT2D eigenvalue weighted by atomic mass is 79.9. The largest absolute Gasteiger partial charge is 0.361 e. The summed E-state index contributed by atoms with van der Waals surface area (Å²) in [5, 5.41) is 3.49. The second-order valence-corrected chi connectivity index (χ2v) is 7.23. The van der Waals surface area contributed by atoms with E-state index in [-0.39, 0.29) is 5.91 Å². The van der Waals surface area contributed by atoms with Gasteiger partial charge in [-0.05, 0) is 48.8 Å². The van der Waals surface area contributed by atoms with Gasteiger partial charge in [0.25, 0.3) is 0 Å². The number of amides is 1. The molecule has 7 heteroatoms. The molecule has 0 aliphatic carbocycles. The van der Waals surface area contributed by atoms with Crippen LogP contribution in [0.3, 0.4) is 0 Å². The molecular weight excluding hydrogens is 370 g/mol. The molecular formula is C14H20BrN3OS2. The fourth-order valence-corrected chi connectivity index (χ4v) is 2.48. The lowest BCUT2D eigenvalue weighted by Gasteiger charge is -2.12. The molecule has 0 heterocycles. The first-order valence-electron chi connectivity index (χ1n) is 6.68. The van der Waals surface area contributed by atoms with Gasteiger partial charge in [-0.1, -0.05) is 29.8 Å². The molecule has 116 valence electrons. The van der Waals surface area contributed by atoms with Crippen molar-refractivity contribution in [3.8, 4) is 0 Å². The van der Waals surface area contributed by atoms with E-state index in [1.165, 1.54) is 11.8 Å². The van der Waals surface area contributed by atoms with Gasteiger partial charge in [0.15, 0.2) is 5.11 Å². The second-order valence-electron chi connectivity index (χ2n) is 4.85. The predicted octanol–water partition coefficient (Wildman–Crippen LogP) is 3.08. The molecule has 1 aromatic carbocycles.